The molecule has 0 unspecified atom stereocenters. The Morgan fingerprint density at radius 2 is 2.23 bits per heavy atom. The average molecular weight is 359 g/mol. The number of hydrogen-bond acceptors (Lipinski definition) is 1. The lowest BCUT2D eigenvalue weighted by Gasteiger charge is -2.04. The van der Waals surface area contributed by atoms with E-state index in [1.807, 2.05) is 0 Å². The molecule has 0 bridgehead atoms. The van der Waals surface area contributed by atoms with E-state index in [4.69, 9.17) is 5.11 Å². The van der Waals surface area contributed by atoms with Gasteiger partial charge in [0.15, 0.2) is 0 Å². The lowest BCUT2D eigenvalue weighted by atomic mass is 10.1. The van der Waals surface area contributed by atoms with Gasteiger partial charge in [-0.05, 0) is 40.3 Å². The van der Waals surface area contributed by atoms with Gasteiger partial charge in [0.2, 0.25) is 0 Å². The molecule has 0 aliphatic heterocycles. The van der Waals surface area contributed by atoms with Crippen LogP contribution in [0.1, 0.15) is 5.56 Å². The van der Waals surface area contributed by atoms with Crippen LogP contribution in [-0.4, -0.2) is 11.1 Å². The Labute approximate surface area is 96.4 Å². The van der Waals surface area contributed by atoms with Crippen molar-refractivity contribution in [1.82, 2.24) is 0 Å². The van der Waals surface area contributed by atoms with Crippen LogP contribution in [0.2, 0.25) is 0 Å². The lowest BCUT2D eigenvalue weighted by Crippen LogP contribution is -2.04. The fourth-order valence-electron chi connectivity index (χ4n) is 0.882. The molecule has 0 atom stereocenters. The monoisotopic (exact) mass is 358 g/mol. The second-order valence-corrected chi connectivity index (χ2v) is 4.33. The van der Waals surface area contributed by atoms with E-state index in [0.717, 1.165) is 0 Å². The van der Waals surface area contributed by atoms with Crippen molar-refractivity contribution >= 4 is 44.5 Å². The van der Waals surface area contributed by atoms with Crippen molar-refractivity contribution in [1.29, 1.82) is 0 Å². The van der Waals surface area contributed by atoms with Crippen molar-refractivity contribution in [3.05, 3.63) is 31.6 Å². The molecular formula is C8H5BrFIO2. The molecule has 1 aromatic carbocycles. The predicted molar refractivity (Wildman–Crippen MR) is 58.2 cm³/mol. The molecule has 1 N–H and O–H groups in total. The van der Waals surface area contributed by atoms with Crippen molar-refractivity contribution in [2.45, 2.75) is 6.42 Å². The number of hydrogen-bond donors (Lipinski definition) is 1. The summed E-state index contributed by atoms with van der Waals surface area (Å²) in [5.41, 5.74) is 0.480. The molecule has 0 radical (unpaired) electrons. The molecule has 1 rings (SSSR count). The summed E-state index contributed by atoms with van der Waals surface area (Å²) in [5.74, 6) is -1.36. The smallest absolute Gasteiger partial charge is 0.307 e. The normalized spacial score (nSPS) is 10.1. The van der Waals surface area contributed by atoms with Gasteiger partial charge >= 0.3 is 5.97 Å². The first-order chi connectivity index (χ1) is 6.02. The zero-order chi connectivity index (χ0) is 10.0. The van der Waals surface area contributed by atoms with Crippen LogP contribution >= 0.6 is 38.5 Å². The Hall–Kier alpha value is -0.170. The van der Waals surface area contributed by atoms with Crippen molar-refractivity contribution in [2.24, 2.45) is 0 Å². The maximum atomic E-state index is 13.0. The van der Waals surface area contributed by atoms with Crippen LogP contribution in [-0.2, 0) is 11.2 Å². The predicted octanol–water partition coefficient (Wildman–Crippen LogP) is 2.82. The number of aliphatic carboxylic acids is 1. The van der Waals surface area contributed by atoms with Gasteiger partial charge in [0.05, 0.1) is 9.99 Å². The fraction of sp³-hybridized carbons (Fsp3) is 0.125. The summed E-state index contributed by atoms with van der Waals surface area (Å²) in [7, 11) is 0. The molecule has 0 aromatic heterocycles. The van der Waals surface area contributed by atoms with E-state index in [2.05, 4.69) is 15.9 Å². The van der Waals surface area contributed by atoms with Gasteiger partial charge < -0.3 is 5.11 Å². The molecular weight excluding hydrogens is 354 g/mol. The van der Waals surface area contributed by atoms with Gasteiger partial charge in [0.25, 0.3) is 0 Å². The lowest BCUT2D eigenvalue weighted by molar-refractivity contribution is -0.136. The molecule has 0 aliphatic carbocycles. The molecule has 0 heterocycles. The molecule has 5 heteroatoms. The van der Waals surface area contributed by atoms with Crippen LogP contribution in [0, 0.1) is 9.39 Å². The summed E-state index contributed by atoms with van der Waals surface area (Å²) in [6.45, 7) is 0. The minimum absolute atomic E-state index is 0.170. The number of carboxylic acid groups (broad SMARTS) is 1. The quantitative estimate of drug-likeness (QED) is 0.652. The molecule has 0 spiro atoms. The Bertz CT molecular complexity index is 354. The fourth-order valence-corrected chi connectivity index (χ4v) is 2.38. The summed E-state index contributed by atoms with van der Waals surface area (Å²) in [5, 5.41) is 8.56. The number of carboxylic acids is 1. The molecule has 0 aliphatic rings. The first-order valence-electron chi connectivity index (χ1n) is 3.36. The number of halogens is 3. The summed E-state index contributed by atoms with van der Waals surface area (Å²) >= 11 is 4.97. The Kier molecular flexibility index (Phi) is 3.66. The second-order valence-electron chi connectivity index (χ2n) is 2.39. The SMILES string of the molecule is O=C(O)Cc1c(Br)ccc(F)c1I. The third-order valence-corrected chi connectivity index (χ3v) is 3.38. The standard InChI is InChI=1S/C8H5BrFIO2/c9-5-1-2-6(10)8(11)4(5)3-7(12)13/h1-2H,3H2,(H,12,13). The van der Waals surface area contributed by atoms with Crippen LogP contribution in [0.4, 0.5) is 4.39 Å². The number of rotatable bonds is 2. The van der Waals surface area contributed by atoms with Crippen LogP contribution in [0.3, 0.4) is 0 Å². The topological polar surface area (TPSA) is 37.3 Å². The summed E-state index contributed by atoms with van der Waals surface area (Å²) in [6, 6.07) is 2.81. The Balaban J connectivity index is 3.17. The molecule has 0 fully saturated rings. The minimum atomic E-state index is -0.968. The van der Waals surface area contributed by atoms with E-state index in [1.165, 1.54) is 12.1 Å². The van der Waals surface area contributed by atoms with Gasteiger partial charge in [0, 0.05) is 4.47 Å². The van der Waals surface area contributed by atoms with E-state index in [1.54, 1.807) is 22.6 Å². The first kappa shape index (κ1) is 10.9. The maximum Gasteiger partial charge on any atom is 0.307 e. The highest BCUT2D eigenvalue weighted by Gasteiger charge is 2.12. The highest BCUT2D eigenvalue weighted by Crippen LogP contribution is 2.25. The summed E-state index contributed by atoms with van der Waals surface area (Å²) in [4.78, 5) is 10.4. The van der Waals surface area contributed by atoms with E-state index >= 15 is 0 Å². The van der Waals surface area contributed by atoms with Gasteiger partial charge in [-0.2, -0.15) is 0 Å². The van der Waals surface area contributed by atoms with E-state index in [-0.39, 0.29) is 12.2 Å². The van der Waals surface area contributed by atoms with Crippen LogP contribution < -0.4 is 0 Å². The highest BCUT2D eigenvalue weighted by molar-refractivity contribution is 14.1. The molecule has 0 saturated carbocycles. The van der Waals surface area contributed by atoms with E-state index in [0.29, 0.717) is 13.6 Å². The van der Waals surface area contributed by atoms with Crippen LogP contribution in [0.5, 0.6) is 0 Å². The zero-order valence-corrected chi connectivity index (χ0v) is 10.1. The summed E-state index contributed by atoms with van der Waals surface area (Å²) in [6.07, 6.45) is -0.170. The Morgan fingerprint density at radius 3 is 2.77 bits per heavy atom. The van der Waals surface area contributed by atoms with Gasteiger partial charge in [-0.3, -0.25) is 4.79 Å². The van der Waals surface area contributed by atoms with Crippen molar-refractivity contribution in [2.75, 3.05) is 0 Å². The molecule has 2 nitrogen and oxygen atoms in total. The molecule has 0 saturated heterocycles. The third-order valence-electron chi connectivity index (χ3n) is 1.47. The molecule has 1 aromatic rings. The number of benzene rings is 1. The van der Waals surface area contributed by atoms with Gasteiger partial charge in [0.1, 0.15) is 5.82 Å². The highest BCUT2D eigenvalue weighted by atomic mass is 127. The maximum absolute atomic E-state index is 13.0. The third kappa shape index (κ3) is 2.63. The molecule has 70 valence electrons. The zero-order valence-electron chi connectivity index (χ0n) is 6.35. The Morgan fingerprint density at radius 1 is 1.62 bits per heavy atom. The van der Waals surface area contributed by atoms with E-state index < -0.39 is 5.97 Å². The second kappa shape index (κ2) is 4.36. The minimum Gasteiger partial charge on any atom is -0.481 e. The largest absolute Gasteiger partial charge is 0.481 e. The van der Waals surface area contributed by atoms with Crippen molar-refractivity contribution < 1.29 is 14.3 Å². The van der Waals surface area contributed by atoms with Crippen molar-refractivity contribution in [3.8, 4) is 0 Å². The number of carbonyl (C=O) groups is 1. The van der Waals surface area contributed by atoms with E-state index in [9.17, 15) is 9.18 Å². The van der Waals surface area contributed by atoms with Crippen LogP contribution in [0.15, 0.2) is 16.6 Å². The molecule has 13 heavy (non-hydrogen) atoms. The van der Waals surface area contributed by atoms with Gasteiger partial charge in [-0.15, -0.1) is 0 Å². The summed E-state index contributed by atoms with van der Waals surface area (Å²) < 4.78 is 14.0. The average Bonchev–Trinajstić information content (AvgIpc) is 2.05. The van der Waals surface area contributed by atoms with Crippen LogP contribution in [0.25, 0.3) is 0 Å². The van der Waals surface area contributed by atoms with Crippen molar-refractivity contribution in [3.63, 3.8) is 0 Å². The van der Waals surface area contributed by atoms with Gasteiger partial charge in [-0.25, -0.2) is 4.39 Å². The first-order valence-corrected chi connectivity index (χ1v) is 5.23. The molecule has 0 amide bonds. The van der Waals surface area contributed by atoms with Gasteiger partial charge in [-0.1, -0.05) is 15.9 Å².